The van der Waals surface area contributed by atoms with E-state index in [9.17, 15) is 10.2 Å². The fourth-order valence-corrected chi connectivity index (χ4v) is 2.29. The van der Waals surface area contributed by atoms with E-state index in [4.69, 9.17) is 12.2 Å². The summed E-state index contributed by atoms with van der Waals surface area (Å²) in [6.07, 6.45) is 4.44. The van der Waals surface area contributed by atoms with Gasteiger partial charge in [0.05, 0.1) is 4.99 Å². The van der Waals surface area contributed by atoms with E-state index >= 15 is 0 Å². The van der Waals surface area contributed by atoms with Gasteiger partial charge in [0.25, 0.3) is 0 Å². The summed E-state index contributed by atoms with van der Waals surface area (Å²) in [6.45, 7) is 0.756. The normalized spacial score (nSPS) is 10.8. The van der Waals surface area contributed by atoms with E-state index in [0.29, 0.717) is 4.99 Å². The highest BCUT2D eigenvalue weighted by Gasteiger charge is 1.98. The van der Waals surface area contributed by atoms with Gasteiger partial charge in [0.1, 0.15) is 0 Å². The Kier molecular flexibility index (Phi) is 5.98. The lowest BCUT2D eigenvalue weighted by atomic mass is 10.1. The first-order chi connectivity index (χ1) is 10.5. The van der Waals surface area contributed by atoms with Crippen molar-refractivity contribution in [3.63, 3.8) is 0 Å². The van der Waals surface area contributed by atoms with Crippen molar-refractivity contribution in [2.24, 2.45) is 0 Å². The van der Waals surface area contributed by atoms with Crippen LogP contribution in [-0.4, -0.2) is 21.7 Å². The highest BCUT2D eigenvalue weighted by Crippen LogP contribution is 2.25. The number of hydrogen-bond donors (Lipinski definition) is 3. The van der Waals surface area contributed by atoms with E-state index in [2.05, 4.69) is 33.4 Å². The standard InChI is InChI=1S/C17H16BrNO2S/c18-14-5-1-12(2-6-14)9-10-19-17(22)8-4-13-3-7-15(20)16(21)11-13/h1-8,11,20-21H,9-10H2,(H,19,22)/b8-4+. The number of phenols is 2. The van der Waals surface area contributed by atoms with Gasteiger partial charge in [-0.25, -0.2) is 0 Å². The molecular weight excluding hydrogens is 362 g/mol. The fourth-order valence-electron chi connectivity index (χ4n) is 1.86. The van der Waals surface area contributed by atoms with Crippen molar-refractivity contribution in [2.45, 2.75) is 6.42 Å². The molecule has 5 heteroatoms. The lowest BCUT2D eigenvalue weighted by Crippen LogP contribution is -2.21. The summed E-state index contributed by atoms with van der Waals surface area (Å²) in [4.78, 5) is 0.629. The van der Waals surface area contributed by atoms with Crippen LogP contribution in [0.2, 0.25) is 0 Å². The molecule has 2 rings (SSSR count). The van der Waals surface area contributed by atoms with Gasteiger partial charge in [-0.3, -0.25) is 0 Å². The minimum atomic E-state index is -0.142. The Bertz CT molecular complexity index is 684. The van der Waals surface area contributed by atoms with Crippen molar-refractivity contribution < 1.29 is 10.2 Å². The Morgan fingerprint density at radius 3 is 2.50 bits per heavy atom. The van der Waals surface area contributed by atoms with Crippen molar-refractivity contribution in [3.8, 4) is 11.5 Å². The van der Waals surface area contributed by atoms with Gasteiger partial charge >= 0.3 is 0 Å². The third kappa shape index (κ3) is 5.16. The number of aromatic hydroxyl groups is 2. The Hall–Kier alpha value is -1.85. The zero-order valence-corrected chi connectivity index (χ0v) is 14.2. The molecule has 0 aliphatic heterocycles. The average molecular weight is 378 g/mol. The second-order valence-electron chi connectivity index (χ2n) is 4.75. The second kappa shape index (κ2) is 7.96. The van der Waals surface area contributed by atoms with Crippen LogP contribution in [0.15, 0.2) is 53.0 Å². The van der Waals surface area contributed by atoms with E-state index in [1.54, 1.807) is 18.2 Å². The molecule has 0 saturated heterocycles. The number of thiocarbonyl (C=S) groups is 1. The maximum absolute atomic E-state index is 9.42. The maximum Gasteiger partial charge on any atom is 0.157 e. The summed E-state index contributed by atoms with van der Waals surface area (Å²) < 4.78 is 1.07. The van der Waals surface area contributed by atoms with Crippen LogP contribution in [0.1, 0.15) is 11.1 Å². The number of hydrogen-bond acceptors (Lipinski definition) is 3. The van der Waals surface area contributed by atoms with Gasteiger partial charge in [0.15, 0.2) is 11.5 Å². The molecule has 22 heavy (non-hydrogen) atoms. The average Bonchev–Trinajstić information content (AvgIpc) is 2.50. The quantitative estimate of drug-likeness (QED) is 0.418. The van der Waals surface area contributed by atoms with Crippen LogP contribution in [-0.2, 0) is 6.42 Å². The van der Waals surface area contributed by atoms with Gasteiger partial charge in [-0.15, -0.1) is 0 Å². The molecule has 0 bridgehead atoms. The molecule has 2 aromatic carbocycles. The number of halogens is 1. The third-order valence-electron chi connectivity index (χ3n) is 3.05. The van der Waals surface area contributed by atoms with Gasteiger partial charge in [-0.05, 0) is 47.9 Å². The van der Waals surface area contributed by atoms with Crippen LogP contribution < -0.4 is 5.32 Å². The van der Waals surface area contributed by atoms with Crippen LogP contribution in [0.5, 0.6) is 11.5 Å². The topological polar surface area (TPSA) is 52.5 Å². The molecule has 0 fully saturated rings. The van der Waals surface area contributed by atoms with Crippen LogP contribution in [0, 0.1) is 0 Å². The summed E-state index contributed by atoms with van der Waals surface area (Å²) in [5.74, 6) is -0.274. The van der Waals surface area contributed by atoms with Crippen molar-refractivity contribution >= 4 is 39.2 Å². The van der Waals surface area contributed by atoms with E-state index in [1.165, 1.54) is 17.7 Å². The Morgan fingerprint density at radius 1 is 1.09 bits per heavy atom. The number of phenolic OH excluding ortho intramolecular Hbond substituents is 2. The summed E-state index contributed by atoms with van der Waals surface area (Å²) in [6, 6.07) is 12.8. The first-order valence-electron chi connectivity index (χ1n) is 6.77. The predicted octanol–water partition coefficient (Wildman–Crippen LogP) is 4.03. The van der Waals surface area contributed by atoms with Gasteiger partial charge in [0, 0.05) is 11.0 Å². The molecule has 2 aromatic rings. The zero-order chi connectivity index (χ0) is 15.9. The van der Waals surface area contributed by atoms with Gasteiger partial charge in [-0.1, -0.05) is 52.4 Å². The van der Waals surface area contributed by atoms with Crippen molar-refractivity contribution in [3.05, 3.63) is 64.1 Å². The minimum Gasteiger partial charge on any atom is -0.504 e. The summed E-state index contributed by atoms with van der Waals surface area (Å²) >= 11 is 8.64. The van der Waals surface area contributed by atoms with E-state index in [-0.39, 0.29) is 11.5 Å². The lowest BCUT2D eigenvalue weighted by molar-refractivity contribution is 0.403. The third-order valence-corrected chi connectivity index (χ3v) is 3.86. The molecule has 0 aliphatic carbocycles. The summed E-state index contributed by atoms with van der Waals surface area (Å²) in [5, 5.41) is 21.8. The molecule has 0 heterocycles. The predicted molar refractivity (Wildman–Crippen MR) is 97.3 cm³/mol. The first kappa shape index (κ1) is 16.5. The minimum absolute atomic E-state index is 0.132. The van der Waals surface area contributed by atoms with Gasteiger partial charge in [0.2, 0.25) is 0 Å². The van der Waals surface area contributed by atoms with E-state index in [0.717, 1.165) is 23.0 Å². The molecule has 0 saturated carbocycles. The van der Waals surface area contributed by atoms with Crippen molar-refractivity contribution in [1.29, 1.82) is 0 Å². The zero-order valence-electron chi connectivity index (χ0n) is 11.8. The van der Waals surface area contributed by atoms with E-state index < -0.39 is 0 Å². The molecule has 3 N–H and O–H groups in total. The largest absolute Gasteiger partial charge is 0.504 e. The Morgan fingerprint density at radius 2 is 1.82 bits per heavy atom. The molecule has 0 radical (unpaired) electrons. The number of benzene rings is 2. The lowest BCUT2D eigenvalue weighted by Gasteiger charge is -2.05. The second-order valence-corrected chi connectivity index (χ2v) is 6.10. The molecule has 0 amide bonds. The molecular formula is C17H16BrNO2S. The van der Waals surface area contributed by atoms with Crippen LogP contribution in [0.4, 0.5) is 0 Å². The van der Waals surface area contributed by atoms with Crippen LogP contribution in [0.3, 0.4) is 0 Å². The smallest absolute Gasteiger partial charge is 0.157 e. The molecule has 0 spiro atoms. The molecule has 0 atom stereocenters. The first-order valence-corrected chi connectivity index (χ1v) is 7.97. The number of nitrogens with one attached hydrogen (secondary N) is 1. The van der Waals surface area contributed by atoms with Crippen LogP contribution >= 0.6 is 28.1 Å². The molecule has 0 unspecified atom stereocenters. The number of rotatable bonds is 5. The van der Waals surface area contributed by atoms with Gasteiger partial charge in [-0.2, -0.15) is 0 Å². The SMILES string of the molecule is Oc1ccc(/C=C/C(=S)NCCc2ccc(Br)cc2)cc1O. The molecule has 114 valence electrons. The van der Waals surface area contributed by atoms with Crippen molar-refractivity contribution in [2.75, 3.05) is 6.54 Å². The molecule has 3 nitrogen and oxygen atoms in total. The Balaban J connectivity index is 1.81. The monoisotopic (exact) mass is 377 g/mol. The van der Waals surface area contributed by atoms with Crippen molar-refractivity contribution in [1.82, 2.24) is 5.32 Å². The summed E-state index contributed by atoms with van der Waals surface area (Å²) in [7, 11) is 0. The van der Waals surface area contributed by atoms with Crippen LogP contribution in [0.25, 0.3) is 6.08 Å². The molecule has 0 aliphatic rings. The maximum atomic E-state index is 9.42. The summed E-state index contributed by atoms with van der Waals surface area (Å²) in [5.41, 5.74) is 2.01. The fraction of sp³-hybridized carbons (Fsp3) is 0.118. The highest BCUT2D eigenvalue weighted by atomic mass is 79.9. The van der Waals surface area contributed by atoms with E-state index in [1.807, 2.05) is 12.1 Å². The Labute approximate surface area is 143 Å². The van der Waals surface area contributed by atoms with Gasteiger partial charge < -0.3 is 15.5 Å². The highest BCUT2D eigenvalue weighted by molar-refractivity contribution is 9.10. The molecule has 0 aromatic heterocycles.